The smallest absolute Gasteiger partial charge is 0.329 e. The van der Waals surface area contributed by atoms with Crippen LogP contribution in [-0.2, 0) is 14.4 Å². The number of nitrogens with one attached hydrogen (secondary N) is 2. The highest BCUT2D eigenvalue weighted by Gasteiger charge is 2.45. The Balaban J connectivity index is 0.00000116. The average Bonchev–Trinajstić information content (AvgIpc) is 2.50. The van der Waals surface area contributed by atoms with Crippen LogP contribution in [0.15, 0.2) is 0 Å². The first-order chi connectivity index (χ1) is 10.5. The molecule has 1 saturated carbocycles. The number of aliphatic hydroxyl groups is 1. The monoisotopic (exact) mass is 314 g/mol. The normalized spacial score (nSPS) is 27.0. The number of rotatable bonds is 3. The van der Waals surface area contributed by atoms with Crippen molar-refractivity contribution >= 4 is 17.8 Å². The molecule has 1 heterocycles. The maximum absolute atomic E-state index is 12.2. The summed E-state index contributed by atoms with van der Waals surface area (Å²) in [6.07, 6.45) is 2.36. The molecule has 22 heavy (non-hydrogen) atoms. The van der Waals surface area contributed by atoms with Gasteiger partial charge in [-0.3, -0.25) is 9.59 Å². The SMILES string of the molecule is CC.O=C1NCCC(O)C1C(=O)NC1(C(=O)O)CCCCC1. The van der Waals surface area contributed by atoms with Crippen molar-refractivity contribution in [1.29, 1.82) is 0 Å². The van der Waals surface area contributed by atoms with E-state index in [0.29, 0.717) is 25.8 Å². The Morgan fingerprint density at radius 1 is 1.23 bits per heavy atom. The third-order valence-corrected chi connectivity index (χ3v) is 4.17. The molecule has 0 aromatic carbocycles. The molecule has 1 saturated heterocycles. The molecule has 0 bridgehead atoms. The second-order valence-electron chi connectivity index (χ2n) is 5.56. The van der Waals surface area contributed by atoms with Crippen LogP contribution in [-0.4, -0.2) is 46.2 Å². The van der Waals surface area contributed by atoms with E-state index in [0.717, 1.165) is 19.3 Å². The first kappa shape index (κ1) is 18.4. The fourth-order valence-electron chi connectivity index (χ4n) is 2.95. The van der Waals surface area contributed by atoms with Crippen molar-refractivity contribution in [2.75, 3.05) is 6.54 Å². The van der Waals surface area contributed by atoms with Gasteiger partial charge in [0, 0.05) is 6.54 Å². The summed E-state index contributed by atoms with van der Waals surface area (Å²) in [7, 11) is 0. The van der Waals surface area contributed by atoms with Gasteiger partial charge in [-0.1, -0.05) is 33.1 Å². The number of carbonyl (C=O) groups excluding carboxylic acids is 2. The molecule has 0 aromatic heterocycles. The van der Waals surface area contributed by atoms with Crippen LogP contribution >= 0.6 is 0 Å². The Morgan fingerprint density at radius 2 is 1.82 bits per heavy atom. The molecule has 2 atom stereocenters. The lowest BCUT2D eigenvalue weighted by Crippen LogP contribution is -2.61. The lowest BCUT2D eigenvalue weighted by atomic mass is 9.81. The van der Waals surface area contributed by atoms with E-state index in [1.54, 1.807) is 0 Å². The van der Waals surface area contributed by atoms with Gasteiger partial charge in [-0.05, 0) is 19.3 Å². The molecular weight excluding hydrogens is 288 g/mol. The van der Waals surface area contributed by atoms with Crippen molar-refractivity contribution in [1.82, 2.24) is 10.6 Å². The maximum Gasteiger partial charge on any atom is 0.329 e. The highest BCUT2D eigenvalue weighted by atomic mass is 16.4. The van der Waals surface area contributed by atoms with Crippen LogP contribution < -0.4 is 10.6 Å². The van der Waals surface area contributed by atoms with E-state index in [9.17, 15) is 24.6 Å². The van der Waals surface area contributed by atoms with Gasteiger partial charge in [0.25, 0.3) is 0 Å². The van der Waals surface area contributed by atoms with E-state index >= 15 is 0 Å². The number of carbonyl (C=O) groups is 3. The quantitative estimate of drug-likeness (QED) is 0.563. The minimum absolute atomic E-state index is 0.296. The highest BCUT2D eigenvalue weighted by molar-refractivity contribution is 6.03. The van der Waals surface area contributed by atoms with Crippen molar-refractivity contribution in [3.05, 3.63) is 0 Å². The Labute approximate surface area is 130 Å². The number of piperidine rings is 1. The summed E-state index contributed by atoms with van der Waals surface area (Å²) in [4.78, 5) is 35.4. The van der Waals surface area contributed by atoms with Crippen LogP contribution in [0.25, 0.3) is 0 Å². The molecule has 0 spiro atoms. The summed E-state index contributed by atoms with van der Waals surface area (Å²) in [5, 5.41) is 24.2. The maximum atomic E-state index is 12.2. The van der Waals surface area contributed by atoms with Gasteiger partial charge in [0.05, 0.1) is 6.10 Å². The van der Waals surface area contributed by atoms with Gasteiger partial charge >= 0.3 is 5.97 Å². The Hall–Kier alpha value is -1.63. The van der Waals surface area contributed by atoms with Gasteiger partial charge in [0.1, 0.15) is 11.5 Å². The zero-order chi connectivity index (χ0) is 16.8. The number of hydrogen-bond acceptors (Lipinski definition) is 4. The van der Waals surface area contributed by atoms with E-state index in [1.165, 1.54) is 0 Å². The molecule has 7 heteroatoms. The van der Waals surface area contributed by atoms with Crippen LogP contribution in [0.4, 0.5) is 0 Å². The van der Waals surface area contributed by atoms with E-state index in [1.807, 2.05) is 13.8 Å². The molecule has 2 aliphatic rings. The molecule has 0 radical (unpaired) electrons. The Morgan fingerprint density at radius 3 is 2.32 bits per heavy atom. The molecule has 4 N–H and O–H groups in total. The fraction of sp³-hybridized carbons (Fsp3) is 0.800. The van der Waals surface area contributed by atoms with Gasteiger partial charge < -0.3 is 20.8 Å². The molecule has 2 unspecified atom stereocenters. The summed E-state index contributed by atoms with van der Waals surface area (Å²) in [5.41, 5.74) is -1.30. The minimum atomic E-state index is -1.30. The Bertz CT molecular complexity index is 418. The molecule has 1 aliphatic heterocycles. The molecule has 2 rings (SSSR count). The molecule has 2 fully saturated rings. The summed E-state index contributed by atoms with van der Waals surface area (Å²) < 4.78 is 0. The van der Waals surface area contributed by atoms with E-state index in [2.05, 4.69) is 10.6 Å². The second-order valence-corrected chi connectivity index (χ2v) is 5.56. The number of carboxylic acids is 1. The summed E-state index contributed by atoms with van der Waals surface area (Å²) in [5.74, 6) is -3.53. The molecular formula is C15H26N2O5. The van der Waals surface area contributed by atoms with Gasteiger partial charge in [-0.15, -0.1) is 0 Å². The standard InChI is InChI=1S/C13H20N2O5.C2H6/c16-8-4-7-14-10(17)9(8)11(18)15-13(12(19)20)5-2-1-3-6-13;1-2/h8-9,16H,1-7H2,(H,14,17)(H,15,18)(H,19,20);1-2H3. The lowest BCUT2D eigenvalue weighted by Gasteiger charge is -2.36. The average molecular weight is 314 g/mol. The second kappa shape index (κ2) is 8.12. The van der Waals surface area contributed by atoms with Gasteiger partial charge in [0.2, 0.25) is 11.8 Å². The van der Waals surface area contributed by atoms with Gasteiger partial charge in [0.15, 0.2) is 0 Å². The van der Waals surface area contributed by atoms with Crippen molar-refractivity contribution < 1.29 is 24.6 Å². The lowest BCUT2D eigenvalue weighted by molar-refractivity contribution is -0.153. The van der Waals surface area contributed by atoms with Gasteiger partial charge in [-0.2, -0.15) is 0 Å². The van der Waals surface area contributed by atoms with Crippen LogP contribution in [0.1, 0.15) is 52.4 Å². The largest absolute Gasteiger partial charge is 0.480 e. The third-order valence-electron chi connectivity index (χ3n) is 4.17. The van der Waals surface area contributed by atoms with Crippen molar-refractivity contribution in [3.8, 4) is 0 Å². The van der Waals surface area contributed by atoms with Crippen molar-refractivity contribution in [3.63, 3.8) is 0 Å². The van der Waals surface area contributed by atoms with Crippen LogP contribution in [0.3, 0.4) is 0 Å². The number of aliphatic carboxylic acids is 1. The highest BCUT2D eigenvalue weighted by Crippen LogP contribution is 2.29. The van der Waals surface area contributed by atoms with E-state index in [-0.39, 0.29) is 0 Å². The summed E-state index contributed by atoms with van der Waals surface area (Å²) in [6, 6.07) is 0. The van der Waals surface area contributed by atoms with E-state index in [4.69, 9.17) is 0 Å². The van der Waals surface area contributed by atoms with Crippen molar-refractivity contribution in [2.45, 2.75) is 64.0 Å². The van der Waals surface area contributed by atoms with Gasteiger partial charge in [-0.25, -0.2) is 4.79 Å². The minimum Gasteiger partial charge on any atom is -0.480 e. The zero-order valence-corrected chi connectivity index (χ0v) is 13.2. The predicted molar refractivity (Wildman–Crippen MR) is 80.1 cm³/mol. The zero-order valence-electron chi connectivity index (χ0n) is 13.2. The third kappa shape index (κ3) is 3.97. The number of amides is 2. The molecule has 0 aromatic rings. The Kier molecular flexibility index (Phi) is 6.80. The number of hydrogen-bond donors (Lipinski definition) is 4. The van der Waals surface area contributed by atoms with Crippen LogP contribution in [0.2, 0.25) is 0 Å². The van der Waals surface area contributed by atoms with Crippen LogP contribution in [0, 0.1) is 5.92 Å². The summed E-state index contributed by atoms with van der Waals surface area (Å²) >= 11 is 0. The number of aliphatic hydroxyl groups excluding tert-OH is 1. The first-order valence-electron chi connectivity index (χ1n) is 7.97. The molecule has 7 nitrogen and oxygen atoms in total. The fourth-order valence-corrected chi connectivity index (χ4v) is 2.95. The van der Waals surface area contributed by atoms with Crippen LogP contribution in [0.5, 0.6) is 0 Å². The predicted octanol–water partition coefficient (Wildman–Crippen LogP) is 0.413. The molecule has 1 aliphatic carbocycles. The summed E-state index contributed by atoms with van der Waals surface area (Å²) in [6.45, 7) is 4.33. The van der Waals surface area contributed by atoms with E-state index < -0.39 is 35.3 Å². The molecule has 126 valence electrons. The van der Waals surface area contributed by atoms with Crippen molar-refractivity contribution in [2.24, 2.45) is 5.92 Å². The topological polar surface area (TPSA) is 116 Å². The number of carboxylic acid groups (broad SMARTS) is 1. The molecule has 2 amide bonds. The first-order valence-corrected chi connectivity index (χ1v) is 7.97.